The molecule has 0 saturated heterocycles. The van der Waals surface area contributed by atoms with Gasteiger partial charge in [-0.1, -0.05) is 41.9 Å². The van der Waals surface area contributed by atoms with Gasteiger partial charge in [0.2, 0.25) is 0 Å². The lowest BCUT2D eigenvalue weighted by Crippen LogP contribution is -1.95. The van der Waals surface area contributed by atoms with Gasteiger partial charge in [0, 0.05) is 18.3 Å². The lowest BCUT2D eigenvalue weighted by atomic mass is 10.2. The molecule has 2 nitrogen and oxygen atoms in total. The number of benzene rings is 1. The van der Waals surface area contributed by atoms with Gasteiger partial charge in [0.25, 0.3) is 0 Å². The minimum Gasteiger partial charge on any atom is -0.330 e. The van der Waals surface area contributed by atoms with Crippen LogP contribution in [0.2, 0.25) is 5.15 Å². The summed E-state index contributed by atoms with van der Waals surface area (Å²) in [6, 6.07) is 10.1. The van der Waals surface area contributed by atoms with E-state index in [9.17, 15) is 0 Å². The molecule has 1 heterocycles. The van der Waals surface area contributed by atoms with Crippen molar-refractivity contribution < 1.29 is 0 Å². The van der Waals surface area contributed by atoms with Crippen LogP contribution in [0, 0.1) is 0 Å². The molecule has 2 rings (SSSR count). The average Bonchev–Trinajstić information content (AvgIpc) is 2.61. The van der Waals surface area contributed by atoms with Gasteiger partial charge in [-0.25, -0.2) is 4.98 Å². The van der Waals surface area contributed by atoms with Crippen molar-refractivity contribution in [3.8, 4) is 11.4 Å². The zero-order valence-electron chi connectivity index (χ0n) is 7.94. The topological polar surface area (TPSA) is 17.8 Å². The van der Waals surface area contributed by atoms with E-state index in [0.29, 0.717) is 5.15 Å². The van der Waals surface area contributed by atoms with Gasteiger partial charge in [-0.3, -0.25) is 0 Å². The second-order valence-corrected chi connectivity index (χ2v) is 3.43. The molecule has 0 aliphatic heterocycles. The molecule has 0 spiro atoms. The standard InChI is InChI=1S/C11H11ClN2/c1-2-14-8-10(12)13-11(14)9-6-4-3-5-7-9/h3-8H,2H2,1H3. The molecule has 1 aromatic heterocycles. The molecule has 0 aliphatic carbocycles. The zero-order chi connectivity index (χ0) is 9.97. The minimum atomic E-state index is 0.547. The highest BCUT2D eigenvalue weighted by molar-refractivity contribution is 6.29. The third-order valence-electron chi connectivity index (χ3n) is 2.12. The highest BCUT2D eigenvalue weighted by atomic mass is 35.5. The third-order valence-corrected chi connectivity index (χ3v) is 2.30. The van der Waals surface area contributed by atoms with Crippen molar-refractivity contribution in [1.29, 1.82) is 0 Å². The van der Waals surface area contributed by atoms with Crippen LogP contribution in [0.1, 0.15) is 6.92 Å². The Morgan fingerprint density at radius 1 is 1.29 bits per heavy atom. The van der Waals surface area contributed by atoms with E-state index >= 15 is 0 Å². The van der Waals surface area contributed by atoms with Crippen molar-refractivity contribution in [1.82, 2.24) is 9.55 Å². The normalized spacial score (nSPS) is 10.4. The number of aryl methyl sites for hydroxylation is 1. The Morgan fingerprint density at radius 2 is 2.00 bits per heavy atom. The summed E-state index contributed by atoms with van der Waals surface area (Å²) in [5, 5.41) is 0.547. The summed E-state index contributed by atoms with van der Waals surface area (Å²) in [7, 11) is 0. The van der Waals surface area contributed by atoms with Gasteiger partial charge in [0.1, 0.15) is 11.0 Å². The minimum absolute atomic E-state index is 0.547. The van der Waals surface area contributed by atoms with Crippen LogP contribution in [0.25, 0.3) is 11.4 Å². The fourth-order valence-corrected chi connectivity index (χ4v) is 1.64. The summed E-state index contributed by atoms with van der Waals surface area (Å²) in [6.07, 6.45) is 1.85. The summed E-state index contributed by atoms with van der Waals surface area (Å²) in [6.45, 7) is 2.95. The highest BCUT2D eigenvalue weighted by Crippen LogP contribution is 2.20. The molecule has 0 bridgehead atoms. The first-order valence-electron chi connectivity index (χ1n) is 4.59. The summed E-state index contributed by atoms with van der Waals surface area (Å²) in [5.41, 5.74) is 1.10. The van der Waals surface area contributed by atoms with Gasteiger partial charge in [0.15, 0.2) is 0 Å². The van der Waals surface area contributed by atoms with Gasteiger partial charge in [-0.2, -0.15) is 0 Å². The van der Waals surface area contributed by atoms with Crippen molar-refractivity contribution in [2.24, 2.45) is 0 Å². The molecule has 0 aliphatic rings. The van der Waals surface area contributed by atoms with E-state index in [4.69, 9.17) is 11.6 Å². The van der Waals surface area contributed by atoms with Crippen LogP contribution in [-0.4, -0.2) is 9.55 Å². The van der Waals surface area contributed by atoms with E-state index in [1.165, 1.54) is 0 Å². The Labute approximate surface area is 88.2 Å². The van der Waals surface area contributed by atoms with Crippen LogP contribution >= 0.6 is 11.6 Å². The maximum Gasteiger partial charge on any atom is 0.147 e. The van der Waals surface area contributed by atoms with E-state index in [1.807, 2.05) is 41.1 Å². The summed E-state index contributed by atoms with van der Waals surface area (Å²) in [5.74, 6) is 0.929. The molecule has 14 heavy (non-hydrogen) atoms. The fraction of sp³-hybridized carbons (Fsp3) is 0.182. The number of hydrogen-bond donors (Lipinski definition) is 0. The molecule has 0 atom stereocenters. The second kappa shape index (κ2) is 3.84. The van der Waals surface area contributed by atoms with E-state index in [0.717, 1.165) is 17.9 Å². The van der Waals surface area contributed by atoms with Gasteiger partial charge in [-0.15, -0.1) is 0 Å². The van der Waals surface area contributed by atoms with Crippen LogP contribution < -0.4 is 0 Å². The first kappa shape index (κ1) is 9.28. The largest absolute Gasteiger partial charge is 0.330 e. The highest BCUT2D eigenvalue weighted by Gasteiger charge is 2.06. The first-order valence-corrected chi connectivity index (χ1v) is 4.97. The summed E-state index contributed by atoms with van der Waals surface area (Å²) in [4.78, 5) is 4.28. The van der Waals surface area contributed by atoms with Crippen LogP contribution in [0.4, 0.5) is 0 Å². The van der Waals surface area contributed by atoms with E-state index < -0.39 is 0 Å². The Morgan fingerprint density at radius 3 is 2.64 bits per heavy atom. The zero-order valence-corrected chi connectivity index (χ0v) is 8.70. The van der Waals surface area contributed by atoms with Gasteiger partial charge >= 0.3 is 0 Å². The molecule has 0 unspecified atom stereocenters. The van der Waals surface area contributed by atoms with E-state index in [-0.39, 0.29) is 0 Å². The van der Waals surface area contributed by atoms with E-state index in [2.05, 4.69) is 11.9 Å². The SMILES string of the molecule is CCn1cc(Cl)nc1-c1ccccc1. The fourth-order valence-electron chi connectivity index (χ4n) is 1.44. The van der Waals surface area contributed by atoms with Crippen LogP contribution in [0.5, 0.6) is 0 Å². The smallest absolute Gasteiger partial charge is 0.147 e. The number of nitrogens with zero attached hydrogens (tertiary/aromatic N) is 2. The van der Waals surface area contributed by atoms with Crippen molar-refractivity contribution in [3.05, 3.63) is 41.7 Å². The van der Waals surface area contributed by atoms with Gasteiger partial charge in [0.05, 0.1) is 0 Å². The quantitative estimate of drug-likeness (QED) is 0.738. The molecule has 0 amide bonds. The lowest BCUT2D eigenvalue weighted by Gasteiger charge is -2.03. The Hall–Kier alpha value is -1.28. The molecular formula is C11H11ClN2. The van der Waals surface area contributed by atoms with Crippen molar-refractivity contribution in [2.45, 2.75) is 13.5 Å². The number of rotatable bonds is 2. The maximum absolute atomic E-state index is 5.86. The number of imidazole rings is 1. The number of halogens is 1. The number of hydrogen-bond acceptors (Lipinski definition) is 1. The average molecular weight is 207 g/mol. The maximum atomic E-state index is 5.86. The predicted octanol–water partition coefficient (Wildman–Crippen LogP) is 3.22. The molecule has 1 aromatic carbocycles. The lowest BCUT2D eigenvalue weighted by molar-refractivity contribution is 0.771. The summed E-state index contributed by atoms with van der Waals surface area (Å²) >= 11 is 5.86. The molecule has 0 fully saturated rings. The van der Waals surface area contributed by atoms with Crippen LogP contribution in [0.15, 0.2) is 36.5 Å². The van der Waals surface area contributed by atoms with Crippen LogP contribution in [0.3, 0.4) is 0 Å². The van der Waals surface area contributed by atoms with Crippen molar-refractivity contribution in [2.75, 3.05) is 0 Å². The van der Waals surface area contributed by atoms with Crippen molar-refractivity contribution >= 4 is 11.6 Å². The number of aromatic nitrogens is 2. The Bertz CT molecular complexity index is 420. The van der Waals surface area contributed by atoms with Crippen molar-refractivity contribution in [3.63, 3.8) is 0 Å². The van der Waals surface area contributed by atoms with Gasteiger partial charge < -0.3 is 4.57 Å². The van der Waals surface area contributed by atoms with E-state index in [1.54, 1.807) is 0 Å². The van der Waals surface area contributed by atoms with Crippen LogP contribution in [-0.2, 0) is 6.54 Å². The molecule has 0 radical (unpaired) electrons. The molecule has 72 valence electrons. The molecule has 0 N–H and O–H groups in total. The molecular weight excluding hydrogens is 196 g/mol. The van der Waals surface area contributed by atoms with Gasteiger partial charge in [-0.05, 0) is 6.92 Å². The summed E-state index contributed by atoms with van der Waals surface area (Å²) < 4.78 is 2.04. The second-order valence-electron chi connectivity index (χ2n) is 3.04. The first-order chi connectivity index (χ1) is 6.81. The third kappa shape index (κ3) is 1.66. The monoisotopic (exact) mass is 206 g/mol. The molecule has 2 aromatic rings. The molecule has 3 heteroatoms. The predicted molar refractivity (Wildman–Crippen MR) is 58.3 cm³/mol. The Balaban J connectivity index is 2.51. The Kier molecular flexibility index (Phi) is 2.55. The molecule has 0 saturated carbocycles.